The van der Waals surface area contributed by atoms with E-state index in [2.05, 4.69) is 11.8 Å². The second-order valence-corrected chi connectivity index (χ2v) is 3.79. The summed E-state index contributed by atoms with van der Waals surface area (Å²) in [6, 6.07) is 1.20. The second kappa shape index (κ2) is 2.76. The second-order valence-electron chi connectivity index (χ2n) is 3.79. The van der Waals surface area contributed by atoms with Gasteiger partial charge in [0.15, 0.2) is 0 Å². The molecular formula is C9H17NO. The number of hydrogen-bond donors (Lipinski definition) is 1. The minimum Gasteiger partial charge on any atom is -0.391 e. The highest BCUT2D eigenvalue weighted by molar-refractivity contribution is 4.96. The lowest BCUT2D eigenvalue weighted by molar-refractivity contribution is 0.0880. The number of fused-ring (bicyclic) bond motifs is 2. The first-order chi connectivity index (χ1) is 5.33. The molecule has 2 heterocycles. The van der Waals surface area contributed by atoms with Crippen LogP contribution in [-0.4, -0.2) is 34.7 Å². The lowest BCUT2D eigenvalue weighted by atomic mass is 10.0. The van der Waals surface area contributed by atoms with Crippen molar-refractivity contribution >= 4 is 0 Å². The van der Waals surface area contributed by atoms with Gasteiger partial charge in [0.2, 0.25) is 0 Å². The Hall–Kier alpha value is -0.0800. The van der Waals surface area contributed by atoms with Crippen LogP contribution in [-0.2, 0) is 0 Å². The Morgan fingerprint density at radius 3 is 2.82 bits per heavy atom. The van der Waals surface area contributed by atoms with Crippen molar-refractivity contribution in [1.82, 2.24) is 4.90 Å². The van der Waals surface area contributed by atoms with Crippen LogP contribution < -0.4 is 0 Å². The third-order valence-electron chi connectivity index (χ3n) is 3.26. The van der Waals surface area contributed by atoms with Crippen LogP contribution >= 0.6 is 0 Å². The Morgan fingerprint density at radius 1 is 1.45 bits per heavy atom. The van der Waals surface area contributed by atoms with Crippen LogP contribution in [0, 0.1) is 0 Å². The summed E-state index contributed by atoms with van der Waals surface area (Å²) in [6.45, 7) is 3.32. The molecule has 64 valence electrons. The predicted octanol–water partition coefficient (Wildman–Crippen LogP) is 0.994. The maximum atomic E-state index is 9.66. The number of aliphatic hydroxyl groups excluding tert-OH is 1. The van der Waals surface area contributed by atoms with Gasteiger partial charge in [0.25, 0.3) is 0 Å². The quantitative estimate of drug-likeness (QED) is 0.610. The van der Waals surface area contributed by atoms with E-state index in [9.17, 15) is 5.11 Å². The summed E-state index contributed by atoms with van der Waals surface area (Å²) < 4.78 is 0. The lowest BCUT2D eigenvalue weighted by Crippen LogP contribution is -2.41. The van der Waals surface area contributed by atoms with E-state index >= 15 is 0 Å². The molecule has 2 aliphatic heterocycles. The van der Waals surface area contributed by atoms with E-state index in [1.807, 2.05) is 0 Å². The van der Waals surface area contributed by atoms with Gasteiger partial charge >= 0.3 is 0 Å². The molecule has 0 radical (unpaired) electrons. The predicted molar refractivity (Wildman–Crippen MR) is 44.4 cm³/mol. The SMILES string of the molecule is CCN1C2CCCC1C(O)C2. The summed E-state index contributed by atoms with van der Waals surface area (Å²) in [5, 5.41) is 9.66. The van der Waals surface area contributed by atoms with E-state index in [1.54, 1.807) is 0 Å². The molecule has 1 N–H and O–H groups in total. The molecule has 0 amide bonds. The fourth-order valence-corrected chi connectivity index (χ4v) is 2.76. The van der Waals surface area contributed by atoms with Crippen molar-refractivity contribution in [2.24, 2.45) is 0 Å². The van der Waals surface area contributed by atoms with Crippen molar-refractivity contribution in [2.75, 3.05) is 6.54 Å². The van der Waals surface area contributed by atoms with E-state index < -0.39 is 0 Å². The molecule has 3 unspecified atom stereocenters. The molecule has 3 atom stereocenters. The first-order valence-electron chi connectivity index (χ1n) is 4.76. The highest BCUT2D eigenvalue weighted by atomic mass is 16.3. The van der Waals surface area contributed by atoms with Crippen molar-refractivity contribution in [3.05, 3.63) is 0 Å². The fourth-order valence-electron chi connectivity index (χ4n) is 2.76. The zero-order valence-corrected chi connectivity index (χ0v) is 7.16. The third kappa shape index (κ3) is 1.09. The highest BCUT2D eigenvalue weighted by Gasteiger charge is 2.41. The summed E-state index contributed by atoms with van der Waals surface area (Å²) in [7, 11) is 0. The molecule has 0 spiro atoms. The van der Waals surface area contributed by atoms with Gasteiger partial charge in [-0.15, -0.1) is 0 Å². The molecule has 0 saturated carbocycles. The van der Waals surface area contributed by atoms with E-state index in [0.29, 0.717) is 12.1 Å². The normalized spacial score (nSPS) is 44.7. The van der Waals surface area contributed by atoms with Crippen LogP contribution in [0.3, 0.4) is 0 Å². The zero-order valence-electron chi connectivity index (χ0n) is 7.16. The molecule has 2 fully saturated rings. The maximum absolute atomic E-state index is 9.66. The van der Waals surface area contributed by atoms with Crippen LogP contribution in [0.2, 0.25) is 0 Å². The summed E-state index contributed by atoms with van der Waals surface area (Å²) in [5.41, 5.74) is 0. The Labute approximate surface area is 68.2 Å². The van der Waals surface area contributed by atoms with Crippen molar-refractivity contribution in [1.29, 1.82) is 0 Å². The fraction of sp³-hybridized carbons (Fsp3) is 1.00. The Morgan fingerprint density at radius 2 is 2.27 bits per heavy atom. The van der Waals surface area contributed by atoms with Crippen molar-refractivity contribution in [3.8, 4) is 0 Å². The van der Waals surface area contributed by atoms with E-state index in [1.165, 1.54) is 19.3 Å². The first kappa shape index (κ1) is 7.56. The van der Waals surface area contributed by atoms with E-state index in [0.717, 1.165) is 13.0 Å². The van der Waals surface area contributed by atoms with E-state index in [-0.39, 0.29) is 6.10 Å². The largest absolute Gasteiger partial charge is 0.391 e. The number of hydrogen-bond acceptors (Lipinski definition) is 2. The molecule has 0 aromatic rings. The van der Waals surface area contributed by atoms with Crippen LogP contribution in [0.1, 0.15) is 32.6 Å². The van der Waals surface area contributed by atoms with Gasteiger partial charge in [-0.05, 0) is 25.8 Å². The van der Waals surface area contributed by atoms with Crippen LogP contribution in [0.15, 0.2) is 0 Å². The number of rotatable bonds is 1. The molecule has 0 aromatic heterocycles. The summed E-state index contributed by atoms with van der Waals surface area (Å²) in [5.74, 6) is 0. The van der Waals surface area contributed by atoms with Gasteiger partial charge in [0.1, 0.15) is 0 Å². The van der Waals surface area contributed by atoms with Crippen LogP contribution in [0.25, 0.3) is 0 Å². The third-order valence-corrected chi connectivity index (χ3v) is 3.26. The molecule has 0 aromatic carbocycles. The molecule has 2 nitrogen and oxygen atoms in total. The standard InChI is InChI=1S/C9H17NO/c1-2-10-7-4-3-5-8(10)9(11)6-7/h7-9,11H,2-6H2,1H3. The Kier molecular flexibility index (Phi) is 1.90. The molecule has 2 heteroatoms. The first-order valence-corrected chi connectivity index (χ1v) is 4.76. The van der Waals surface area contributed by atoms with Crippen molar-refractivity contribution in [2.45, 2.75) is 50.8 Å². The van der Waals surface area contributed by atoms with Crippen molar-refractivity contribution < 1.29 is 5.11 Å². The van der Waals surface area contributed by atoms with Gasteiger partial charge in [-0.2, -0.15) is 0 Å². The number of aliphatic hydroxyl groups is 1. The molecule has 11 heavy (non-hydrogen) atoms. The lowest BCUT2D eigenvalue weighted by Gasteiger charge is -2.33. The van der Waals surface area contributed by atoms with Gasteiger partial charge in [-0.25, -0.2) is 0 Å². The average Bonchev–Trinajstić information content (AvgIpc) is 2.17. The monoisotopic (exact) mass is 155 g/mol. The number of nitrogens with zero attached hydrogens (tertiary/aromatic N) is 1. The molecule has 2 saturated heterocycles. The van der Waals surface area contributed by atoms with Crippen LogP contribution in [0.5, 0.6) is 0 Å². The topological polar surface area (TPSA) is 23.5 Å². The number of likely N-dealkylation sites (N-methyl/N-ethyl adjacent to an activating group) is 1. The molecule has 2 aliphatic rings. The van der Waals surface area contributed by atoms with E-state index in [4.69, 9.17) is 0 Å². The van der Waals surface area contributed by atoms with Crippen LogP contribution in [0.4, 0.5) is 0 Å². The smallest absolute Gasteiger partial charge is 0.0710 e. The Balaban J connectivity index is 2.11. The summed E-state index contributed by atoms with van der Waals surface area (Å²) in [6.07, 6.45) is 4.84. The summed E-state index contributed by atoms with van der Waals surface area (Å²) in [4.78, 5) is 2.48. The minimum atomic E-state index is -0.0255. The minimum absolute atomic E-state index is 0.0255. The van der Waals surface area contributed by atoms with Gasteiger partial charge in [0, 0.05) is 12.1 Å². The molecule has 2 rings (SSSR count). The van der Waals surface area contributed by atoms with Gasteiger partial charge < -0.3 is 5.11 Å². The maximum Gasteiger partial charge on any atom is 0.0710 e. The highest BCUT2D eigenvalue weighted by Crippen LogP contribution is 2.35. The molecule has 0 aliphatic carbocycles. The molecule has 2 bridgehead atoms. The van der Waals surface area contributed by atoms with Gasteiger partial charge in [0.05, 0.1) is 6.10 Å². The number of piperidine rings is 1. The Bertz CT molecular complexity index is 148. The van der Waals surface area contributed by atoms with Gasteiger partial charge in [-0.3, -0.25) is 4.90 Å². The van der Waals surface area contributed by atoms with Gasteiger partial charge in [-0.1, -0.05) is 13.3 Å². The molecular weight excluding hydrogens is 138 g/mol. The summed E-state index contributed by atoms with van der Waals surface area (Å²) >= 11 is 0. The zero-order chi connectivity index (χ0) is 7.84. The average molecular weight is 155 g/mol. The van der Waals surface area contributed by atoms with Crippen molar-refractivity contribution in [3.63, 3.8) is 0 Å².